The van der Waals surface area contributed by atoms with Gasteiger partial charge in [0.25, 0.3) is 0 Å². The first-order chi connectivity index (χ1) is 23.8. The average Bonchev–Trinajstić information content (AvgIpc) is 3.72. The Hall–Kier alpha value is -5.84. The minimum atomic E-state index is 0.714. The van der Waals surface area contributed by atoms with Crippen LogP contribution in [0.5, 0.6) is 0 Å². The molecule has 9 aromatic rings. The molecule has 0 unspecified atom stereocenters. The van der Waals surface area contributed by atoms with Gasteiger partial charge in [0.1, 0.15) is 0 Å². The van der Waals surface area contributed by atoms with Crippen molar-refractivity contribution in [1.29, 1.82) is 0 Å². The van der Waals surface area contributed by atoms with Gasteiger partial charge in [-0.25, -0.2) is 9.97 Å². The lowest BCUT2D eigenvalue weighted by Crippen LogP contribution is -2.08. The van der Waals surface area contributed by atoms with Gasteiger partial charge in [0.2, 0.25) is 5.95 Å². The normalized spacial score (nSPS) is 12.8. The molecule has 0 aliphatic heterocycles. The van der Waals surface area contributed by atoms with Gasteiger partial charge in [0.15, 0.2) is 0 Å². The summed E-state index contributed by atoms with van der Waals surface area (Å²) in [6.07, 6.45) is 6.54. The van der Waals surface area contributed by atoms with Gasteiger partial charge in [-0.05, 0) is 41.3 Å². The smallest absolute Gasteiger partial charge is 0.235 e. The Bertz CT molecular complexity index is 2650. The van der Waals surface area contributed by atoms with E-state index < -0.39 is 0 Å². The Balaban J connectivity index is 1.39. The molecule has 0 atom stereocenters. The second kappa shape index (κ2) is 10.9. The Morgan fingerprint density at radius 2 is 1.21 bits per heavy atom. The molecular formula is C44H29N3S. The van der Waals surface area contributed by atoms with Crippen LogP contribution in [0.2, 0.25) is 0 Å². The van der Waals surface area contributed by atoms with Crippen molar-refractivity contribution >= 4 is 59.3 Å². The van der Waals surface area contributed by atoms with Crippen molar-refractivity contribution < 1.29 is 0 Å². The standard InChI is InChI=1S/C44H29N3S/c1-4-14-28(15-5-1)35-26-36-33-22-12-13-23-39(33)47(41(36)40-34-25-24-29-16-10-11-21-32(29)42(34)48-43(35)40)44-45-37(30-17-6-2-7-18-30)27-38(46-44)31-19-8-3-9-20-31/h1-12,14-22,24-27H,13,23H2. The van der Waals surface area contributed by atoms with Crippen molar-refractivity contribution in [2.24, 2.45) is 0 Å². The van der Waals surface area contributed by atoms with Gasteiger partial charge in [-0.1, -0.05) is 140 Å². The maximum absolute atomic E-state index is 5.36. The van der Waals surface area contributed by atoms with Crippen LogP contribution >= 0.6 is 11.3 Å². The molecule has 0 amide bonds. The number of hydrogen-bond acceptors (Lipinski definition) is 3. The fourth-order valence-corrected chi connectivity index (χ4v) is 8.84. The van der Waals surface area contributed by atoms with E-state index in [1.54, 1.807) is 0 Å². The van der Waals surface area contributed by atoms with Crippen LogP contribution in [-0.2, 0) is 6.42 Å². The van der Waals surface area contributed by atoms with Gasteiger partial charge in [0, 0.05) is 53.5 Å². The van der Waals surface area contributed by atoms with E-state index in [1.165, 1.54) is 64.2 Å². The molecule has 226 valence electrons. The van der Waals surface area contributed by atoms with E-state index in [4.69, 9.17) is 9.97 Å². The highest BCUT2D eigenvalue weighted by Crippen LogP contribution is 2.49. The number of aromatic nitrogens is 3. The second-order valence-electron chi connectivity index (χ2n) is 12.5. The van der Waals surface area contributed by atoms with E-state index >= 15 is 0 Å². The van der Waals surface area contributed by atoms with Crippen molar-refractivity contribution in [2.45, 2.75) is 12.8 Å². The highest BCUT2D eigenvalue weighted by molar-refractivity contribution is 7.27. The van der Waals surface area contributed by atoms with E-state index in [-0.39, 0.29) is 0 Å². The van der Waals surface area contributed by atoms with Gasteiger partial charge in [-0.15, -0.1) is 11.3 Å². The summed E-state index contributed by atoms with van der Waals surface area (Å²) in [7, 11) is 0. The number of allylic oxidation sites excluding steroid dienone is 1. The van der Waals surface area contributed by atoms with E-state index in [9.17, 15) is 0 Å². The van der Waals surface area contributed by atoms with E-state index in [1.807, 2.05) is 11.3 Å². The first-order valence-electron chi connectivity index (χ1n) is 16.5. The summed E-state index contributed by atoms with van der Waals surface area (Å²) in [5.74, 6) is 0.714. The average molecular weight is 632 g/mol. The summed E-state index contributed by atoms with van der Waals surface area (Å²) in [6.45, 7) is 0. The molecule has 0 saturated carbocycles. The minimum Gasteiger partial charge on any atom is -0.281 e. The lowest BCUT2D eigenvalue weighted by atomic mass is 9.96. The second-order valence-corrected chi connectivity index (χ2v) is 13.5. The summed E-state index contributed by atoms with van der Waals surface area (Å²) in [5.41, 5.74) is 10.2. The van der Waals surface area contributed by atoms with Crippen LogP contribution in [0.15, 0.2) is 146 Å². The van der Waals surface area contributed by atoms with Gasteiger partial charge in [-0.2, -0.15) is 0 Å². The Kier molecular flexibility index (Phi) is 6.18. The van der Waals surface area contributed by atoms with Crippen LogP contribution in [0.3, 0.4) is 0 Å². The predicted molar refractivity (Wildman–Crippen MR) is 203 cm³/mol. The monoisotopic (exact) mass is 631 g/mol. The highest BCUT2D eigenvalue weighted by atomic mass is 32.1. The van der Waals surface area contributed by atoms with Gasteiger partial charge in [-0.3, -0.25) is 4.57 Å². The zero-order valence-electron chi connectivity index (χ0n) is 26.1. The number of thiophene rings is 1. The Morgan fingerprint density at radius 3 is 1.92 bits per heavy atom. The lowest BCUT2D eigenvalue weighted by Gasteiger charge is -2.15. The number of hydrogen-bond donors (Lipinski definition) is 0. The van der Waals surface area contributed by atoms with Crippen molar-refractivity contribution in [1.82, 2.24) is 14.5 Å². The van der Waals surface area contributed by atoms with Crippen molar-refractivity contribution in [3.63, 3.8) is 0 Å². The third-order valence-electron chi connectivity index (χ3n) is 9.67. The molecule has 0 radical (unpaired) electrons. The van der Waals surface area contributed by atoms with Gasteiger partial charge in [0.05, 0.1) is 16.9 Å². The molecule has 0 spiro atoms. The Morgan fingerprint density at radius 1 is 0.562 bits per heavy atom. The van der Waals surface area contributed by atoms with Crippen molar-refractivity contribution in [2.75, 3.05) is 0 Å². The summed E-state index contributed by atoms with van der Waals surface area (Å²) in [5, 5.41) is 6.35. The fourth-order valence-electron chi connectivity index (χ4n) is 7.47. The van der Waals surface area contributed by atoms with Crippen molar-refractivity contribution in [3.05, 3.63) is 157 Å². The molecule has 3 heterocycles. The van der Waals surface area contributed by atoms with E-state index in [2.05, 4.69) is 156 Å². The SMILES string of the molecule is C1=Cc2c(n(-c3nc(-c4ccccc4)cc(-c4ccccc4)n3)c3c2cc(-c2ccccc2)c2sc4c5ccccc5ccc4c23)CC1. The number of fused-ring (bicyclic) bond motifs is 9. The van der Waals surface area contributed by atoms with E-state index in [0.717, 1.165) is 35.4 Å². The zero-order chi connectivity index (χ0) is 31.6. The molecule has 6 aromatic carbocycles. The predicted octanol–water partition coefficient (Wildman–Crippen LogP) is 11.9. The summed E-state index contributed by atoms with van der Waals surface area (Å²) < 4.78 is 5.01. The quantitative estimate of drug-likeness (QED) is 0.193. The van der Waals surface area contributed by atoms with Crippen LogP contribution < -0.4 is 0 Å². The molecule has 1 aliphatic carbocycles. The third kappa shape index (κ3) is 4.20. The third-order valence-corrected chi connectivity index (χ3v) is 10.9. The molecule has 10 rings (SSSR count). The molecule has 1 aliphatic rings. The van der Waals surface area contributed by atoms with Gasteiger partial charge >= 0.3 is 0 Å². The molecule has 3 nitrogen and oxygen atoms in total. The molecule has 4 heteroatoms. The summed E-state index contributed by atoms with van der Waals surface area (Å²) >= 11 is 1.91. The molecule has 3 aromatic heterocycles. The summed E-state index contributed by atoms with van der Waals surface area (Å²) in [4.78, 5) is 10.7. The topological polar surface area (TPSA) is 30.7 Å². The molecule has 0 fully saturated rings. The molecule has 0 bridgehead atoms. The number of rotatable bonds is 4. The first kappa shape index (κ1) is 27.3. The number of benzene rings is 6. The maximum atomic E-state index is 5.36. The lowest BCUT2D eigenvalue weighted by molar-refractivity contribution is 0.849. The number of nitrogens with zero attached hydrogens (tertiary/aromatic N) is 3. The zero-order valence-corrected chi connectivity index (χ0v) is 26.9. The first-order valence-corrected chi connectivity index (χ1v) is 17.3. The van der Waals surface area contributed by atoms with Crippen molar-refractivity contribution in [3.8, 4) is 39.6 Å². The largest absolute Gasteiger partial charge is 0.281 e. The van der Waals surface area contributed by atoms with Crippen LogP contribution in [0.4, 0.5) is 0 Å². The van der Waals surface area contributed by atoms with Gasteiger partial charge < -0.3 is 0 Å². The van der Waals surface area contributed by atoms with Crippen LogP contribution in [0.25, 0.3) is 87.5 Å². The molecule has 48 heavy (non-hydrogen) atoms. The van der Waals surface area contributed by atoms with Crippen LogP contribution in [0.1, 0.15) is 17.7 Å². The molecule has 0 saturated heterocycles. The van der Waals surface area contributed by atoms with E-state index in [0.29, 0.717) is 5.95 Å². The Labute approximate surface area is 282 Å². The minimum absolute atomic E-state index is 0.714. The highest BCUT2D eigenvalue weighted by Gasteiger charge is 2.26. The molecule has 0 N–H and O–H groups in total. The van der Waals surface area contributed by atoms with Crippen LogP contribution in [0, 0.1) is 0 Å². The van der Waals surface area contributed by atoms with Crippen LogP contribution in [-0.4, -0.2) is 14.5 Å². The maximum Gasteiger partial charge on any atom is 0.235 e. The fraction of sp³-hybridized carbons (Fsp3) is 0.0455. The molecular weight excluding hydrogens is 603 g/mol. The summed E-state index contributed by atoms with van der Waals surface area (Å²) in [6, 6.07) is 49.7.